The first-order valence-electron chi connectivity index (χ1n) is 3.34. The number of allylic oxidation sites excluding steroid dienone is 1. The summed E-state index contributed by atoms with van der Waals surface area (Å²) in [4.78, 5) is 33.4. The van der Waals surface area contributed by atoms with Crippen LogP contribution in [-0.2, 0) is 19.1 Å². The number of likely N-dealkylation sites (N-methyl/N-ethyl adjacent to an activating group) is 1. The minimum atomic E-state index is -1.21. The minimum absolute atomic E-state index is 0.507. The van der Waals surface area contributed by atoms with Crippen molar-refractivity contribution in [3.8, 4) is 0 Å². The van der Waals surface area contributed by atoms with E-state index in [-0.39, 0.29) is 0 Å². The zero-order valence-electron chi connectivity index (χ0n) is 7.03. The Labute approximate surface area is 73.4 Å². The summed E-state index contributed by atoms with van der Waals surface area (Å²) >= 11 is 0. The van der Waals surface area contributed by atoms with Gasteiger partial charge in [0, 0.05) is 7.05 Å². The van der Waals surface area contributed by atoms with Crippen molar-refractivity contribution in [2.45, 2.75) is 0 Å². The van der Waals surface area contributed by atoms with Gasteiger partial charge in [-0.25, -0.2) is 0 Å². The molecule has 13 heavy (non-hydrogen) atoms. The Bertz CT molecular complexity index is 330. The van der Waals surface area contributed by atoms with Gasteiger partial charge in [0.2, 0.25) is 11.6 Å². The maximum Gasteiger partial charge on any atom is 0.305 e. The molecule has 1 aliphatic heterocycles. The highest BCUT2D eigenvalue weighted by atomic mass is 16.5. The van der Waals surface area contributed by atoms with Gasteiger partial charge in [-0.3, -0.25) is 19.3 Å². The van der Waals surface area contributed by atoms with Gasteiger partial charge in [-0.05, 0) is 0 Å². The fraction of sp³-hybridized carbons (Fsp3) is 0.286. The van der Waals surface area contributed by atoms with Crippen LogP contribution in [0.1, 0.15) is 0 Å². The van der Waals surface area contributed by atoms with E-state index in [9.17, 15) is 19.5 Å². The highest BCUT2D eigenvalue weighted by Crippen LogP contribution is 2.14. The quantitative estimate of drug-likeness (QED) is 0.528. The second kappa shape index (κ2) is 2.89. The third-order valence-electron chi connectivity index (χ3n) is 1.64. The summed E-state index contributed by atoms with van der Waals surface area (Å²) in [5.74, 6) is -4.55. The number of amides is 1. The van der Waals surface area contributed by atoms with E-state index < -0.39 is 29.1 Å². The van der Waals surface area contributed by atoms with Crippen LogP contribution in [0.2, 0.25) is 0 Å². The summed E-state index contributed by atoms with van der Waals surface area (Å²) in [5, 5.41) is 9.18. The average molecular weight is 185 g/mol. The number of ketones is 2. The Morgan fingerprint density at radius 3 is 2.23 bits per heavy atom. The number of Topliss-reactive ketones (excluding diaryl/α,β-unsaturated/α-hetero) is 2. The lowest BCUT2D eigenvalue weighted by molar-refractivity contribution is -0.151. The zero-order valence-corrected chi connectivity index (χ0v) is 7.03. The van der Waals surface area contributed by atoms with Gasteiger partial charge in [0.05, 0.1) is 7.11 Å². The molecule has 0 saturated heterocycles. The number of nitrogens with zero attached hydrogens (tertiary/aromatic N) is 1. The molecule has 0 saturated carbocycles. The van der Waals surface area contributed by atoms with Crippen molar-refractivity contribution < 1.29 is 24.2 Å². The van der Waals surface area contributed by atoms with E-state index in [0.717, 1.165) is 7.11 Å². The van der Waals surface area contributed by atoms with E-state index in [2.05, 4.69) is 4.74 Å². The molecule has 0 aromatic rings. The van der Waals surface area contributed by atoms with Gasteiger partial charge >= 0.3 is 5.91 Å². The molecule has 6 heteroatoms. The van der Waals surface area contributed by atoms with Crippen LogP contribution in [0.15, 0.2) is 11.6 Å². The number of ether oxygens (including phenoxy) is 1. The number of methoxy groups -OCH3 is 1. The number of aliphatic hydroxyl groups excluding tert-OH is 1. The van der Waals surface area contributed by atoms with Crippen LogP contribution in [0.5, 0.6) is 0 Å². The lowest BCUT2D eigenvalue weighted by Crippen LogP contribution is -2.43. The molecule has 0 bridgehead atoms. The highest BCUT2D eigenvalue weighted by molar-refractivity contribution is 6.67. The van der Waals surface area contributed by atoms with Crippen molar-refractivity contribution in [1.29, 1.82) is 0 Å². The molecule has 0 radical (unpaired) electrons. The van der Waals surface area contributed by atoms with Gasteiger partial charge in [-0.1, -0.05) is 0 Å². The molecule has 1 N–H and O–H groups in total. The van der Waals surface area contributed by atoms with Gasteiger partial charge < -0.3 is 9.84 Å². The Balaban J connectivity index is 3.26. The van der Waals surface area contributed by atoms with E-state index in [4.69, 9.17) is 0 Å². The maximum atomic E-state index is 11.0. The largest absolute Gasteiger partial charge is 0.492 e. The molecule has 0 fully saturated rings. The van der Waals surface area contributed by atoms with Crippen molar-refractivity contribution in [2.24, 2.45) is 0 Å². The fourth-order valence-corrected chi connectivity index (χ4v) is 0.887. The molecule has 1 heterocycles. The SMILES string of the molecule is COC1=C(O)N(C)C(=O)C(=O)C1=O. The van der Waals surface area contributed by atoms with Gasteiger partial charge in [0.25, 0.3) is 11.6 Å². The van der Waals surface area contributed by atoms with Gasteiger partial charge in [-0.15, -0.1) is 0 Å². The van der Waals surface area contributed by atoms with Crippen LogP contribution < -0.4 is 0 Å². The molecule has 0 spiro atoms. The second-order valence-electron chi connectivity index (χ2n) is 2.38. The number of carbonyl (C=O) groups excluding carboxylic acids is 3. The number of hydrogen-bond donors (Lipinski definition) is 1. The van der Waals surface area contributed by atoms with Gasteiger partial charge in [-0.2, -0.15) is 0 Å². The number of hydrogen-bond acceptors (Lipinski definition) is 5. The van der Waals surface area contributed by atoms with Crippen LogP contribution in [-0.4, -0.2) is 41.6 Å². The first kappa shape index (κ1) is 9.24. The number of aliphatic hydroxyl groups is 1. The second-order valence-corrected chi connectivity index (χ2v) is 2.38. The Morgan fingerprint density at radius 1 is 1.23 bits per heavy atom. The predicted molar refractivity (Wildman–Crippen MR) is 39.4 cm³/mol. The summed E-state index contributed by atoms with van der Waals surface area (Å²) in [6, 6.07) is 0. The predicted octanol–water partition coefficient (Wildman–Crippen LogP) is -1.03. The molecular weight excluding hydrogens is 178 g/mol. The van der Waals surface area contributed by atoms with Crippen molar-refractivity contribution >= 4 is 17.5 Å². The van der Waals surface area contributed by atoms with Gasteiger partial charge in [0.1, 0.15) is 0 Å². The van der Waals surface area contributed by atoms with Crippen molar-refractivity contribution in [3.63, 3.8) is 0 Å². The fourth-order valence-electron chi connectivity index (χ4n) is 0.887. The van der Waals surface area contributed by atoms with Crippen molar-refractivity contribution in [3.05, 3.63) is 11.6 Å². The molecule has 0 unspecified atom stereocenters. The molecule has 1 amide bonds. The lowest BCUT2D eigenvalue weighted by Gasteiger charge is -2.20. The molecule has 0 atom stereocenters. The Kier molecular flexibility index (Phi) is 2.05. The molecule has 70 valence electrons. The number of rotatable bonds is 1. The van der Waals surface area contributed by atoms with E-state index in [0.29, 0.717) is 4.90 Å². The van der Waals surface area contributed by atoms with E-state index in [1.165, 1.54) is 7.05 Å². The summed E-state index contributed by atoms with van der Waals surface area (Å²) < 4.78 is 4.47. The third-order valence-corrected chi connectivity index (χ3v) is 1.64. The molecular formula is C7H7NO5. The Hall–Kier alpha value is -1.85. The van der Waals surface area contributed by atoms with Crippen molar-refractivity contribution in [2.75, 3.05) is 14.2 Å². The Morgan fingerprint density at radius 2 is 1.77 bits per heavy atom. The molecule has 6 nitrogen and oxygen atoms in total. The molecule has 1 rings (SSSR count). The highest BCUT2D eigenvalue weighted by Gasteiger charge is 2.39. The van der Waals surface area contributed by atoms with Crippen LogP contribution in [0.3, 0.4) is 0 Å². The minimum Gasteiger partial charge on any atom is -0.492 e. The summed E-state index contributed by atoms with van der Waals surface area (Å²) in [7, 11) is 2.29. The smallest absolute Gasteiger partial charge is 0.305 e. The normalized spacial score (nSPS) is 18.3. The first-order valence-corrected chi connectivity index (χ1v) is 3.34. The topological polar surface area (TPSA) is 83.9 Å². The average Bonchev–Trinajstić information content (AvgIpc) is 2.13. The standard InChI is InChI=1S/C7H7NO5/c1-8-6(11)4(10)3(9)5(13-2)7(8)12/h12H,1-2H3. The lowest BCUT2D eigenvalue weighted by atomic mass is 10.1. The molecule has 0 aromatic carbocycles. The monoisotopic (exact) mass is 185 g/mol. The number of carbonyl (C=O) groups is 3. The van der Waals surface area contributed by atoms with E-state index >= 15 is 0 Å². The van der Waals surface area contributed by atoms with E-state index in [1.54, 1.807) is 0 Å². The summed E-state index contributed by atoms with van der Waals surface area (Å²) in [6.45, 7) is 0. The maximum absolute atomic E-state index is 11.0. The molecule has 0 aromatic heterocycles. The van der Waals surface area contributed by atoms with Crippen LogP contribution >= 0.6 is 0 Å². The molecule has 0 aliphatic carbocycles. The van der Waals surface area contributed by atoms with E-state index in [1.807, 2.05) is 0 Å². The van der Waals surface area contributed by atoms with Crippen molar-refractivity contribution in [1.82, 2.24) is 4.90 Å². The van der Waals surface area contributed by atoms with Gasteiger partial charge in [0.15, 0.2) is 0 Å². The summed E-state index contributed by atoms with van der Waals surface area (Å²) in [5.41, 5.74) is 0. The first-order chi connectivity index (χ1) is 6.00. The van der Waals surface area contributed by atoms with Crippen LogP contribution in [0.25, 0.3) is 0 Å². The third kappa shape index (κ3) is 1.16. The molecule has 1 aliphatic rings. The van der Waals surface area contributed by atoms with Crippen LogP contribution in [0.4, 0.5) is 0 Å². The van der Waals surface area contributed by atoms with Crippen LogP contribution in [0, 0.1) is 0 Å². The zero-order chi connectivity index (χ0) is 10.2. The summed E-state index contributed by atoms with van der Waals surface area (Å²) in [6.07, 6.45) is 0.